The average molecular weight is 575 g/mol. The number of hydrogen-bond acceptors (Lipinski definition) is 5. The SMILES string of the molecule is Cc1ccc(C(C(=O)Nc2ccc(N(C)C)cc2)N(Cc2ccccc2C)C(=O)CN2C(=O)C(=O)c3ccccc32)cc1. The fourth-order valence-corrected chi connectivity index (χ4v) is 5.20. The van der Waals surface area contributed by atoms with Crippen molar-refractivity contribution in [1.29, 1.82) is 0 Å². The predicted molar refractivity (Wildman–Crippen MR) is 168 cm³/mol. The summed E-state index contributed by atoms with van der Waals surface area (Å²) in [7, 11) is 3.88. The first kappa shape index (κ1) is 29.3. The first-order chi connectivity index (χ1) is 20.6. The van der Waals surface area contributed by atoms with Gasteiger partial charge < -0.3 is 15.1 Å². The highest BCUT2D eigenvalue weighted by Crippen LogP contribution is 2.31. The van der Waals surface area contributed by atoms with E-state index in [4.69, 9.17) is 0 Å². The number of benzene rings is 4. The van der Waals surface area contributed by atoms with Gasteiger partial charge in [0.1, 0.15) is 12.6 Å². The molecule has 0 radical (unpaired) electrons. The molecule has 3 amide bonds. The zero-order valence-electron chi connectivity index (χ0n) is 24.7. The van der Waals surface area contributed by atoms with Crippen LogP contribution in [0.3, 0.4) is 0 Å². The molecule has 218 valence electrons. The van der Waals surface area contributed by atoms with Gasteiger partial charge in [-0.3, -0.25) is 24.1 Å². The number of carbonyl (C=O) groups is 4. The third-order valence-corrected chi connectivity index (χ3v) is 7.70. The van der Waals surface area contributed by atoms with Crippen molar-refractivity contribution in [2.45, 2.75) is 26.4 Å². The first-order valence-corrected chi connectivity index (χ1v) is 14.1. The quantitative estimate of drug-likeness (QED) is 0.274. The lowest BCUT2D eigenvalue weighted by Crippen LogP contribution is -2.46. The van der Waals surface area contributed by atoms with E-state index in [1.807, 2.05) is 106 Å². The fraction of sp³-hybridized carbons (Fsp3) is 0.200. The number of ketones is 1. The van der Waals surface area contributed by atoms with Crippen molar-refractivity contribution in [2.75, 3.05) is 35.8 Å². The van der Waals surface area contributed by atoms with E-state index in [9.17, 15) is 19.2 Å². The van der Waals surface area contributed by atoms with Crippen LogP contribution in [0.25, 0.3) is 0 Å². The van der Waals surface area contributed by atoms with Crippen molar-refractivity contribution in [3.05, 3.63) is 125 Å². The van der Waals surface area contributed by atoms with Crippen molar-refractivity contribution in [1.82, 2.24) is 4.90 Å². The highest BCUT2D eigenvalue weighted by Gasteiger charge is 2.39. The number of nitrogens with zero attached hydrogens (tertiary/aromatic N) is 3. The summed E-state index contributed by atoms with van der Waals surface area (Å²) in [6.45, 7) is 3.63. The first-order valence-electron chi connectivity index (χ1n) is 14.1. The molecule has 1 N–H and O–H groups in total. The summed E-state index contributed by atoms with van der Waals surface area (Å²) in [4.78, 5) is 58.7. The van der Waals surface area contributed by atoms with Crippen LogP contribution in [0, 0.1) is 13.8 Å². The number of rotatable bonds is 9. The second-order valence-corrected chi connectivity index (χ2v) is 10.9. The Morgan fingerprint density at radius 1 is 0.814 bits per heavy atom. The minimum atomic E-state index is -1.02. The highest BCUT2D eigenvalue weighted by atomic mass is 16.2. The van der Waals surface area contributed by atoms with Gasteiger partial charge in [0.2, 0.25) is 5.91 Å². The van der Waals surface area contributed by atoms with Crippen molar-refractivity contribution >= 4 is 40.6 Å². The summed E-state index contributed by atoms with van der Waals surface area (Å²) in [5, 5.41) is 3.00. The third-order valence-electron chi connectivity index (χ3n) is 7.70. The molecule has 0 aromatic heterocycles. The molecule has 1 aliphatic heterocycles. The van der Waals surface area contributed by atoms with Gasteiger partial charge in [0, 0.05) is 32.0 Å². The van der Waals surface area contributed by atoms with Crippen LogP contribution in [0.5, 0.6) is 0 Å². The summed E-state index contributed by atoms with van der Waals surface area (Å²) in [6.07, 6.45) is 0. The minimum Gasteiger partial charge on any atom is -0.378 e. The number of carbonyl (C=O) groups excluding carboxylic acids is 4. The molecule has 0 aliphatic carbocycles. The van der Waals surface area contributed by atoms with E-state index in [1.165, 1.54) is 9.80 Å². The molecule has 0 saturated heterocycles. The predicted octanol–water partition coefficient (Wildman–Crippen LogP) is 5.31. The van der Waals surface area contributed by atoms with Gasteiger partial charge >= 0.3 is 0 Å². The second-order valence-electron chi connectivity index (χ2n) is 10.9. The van der Waals surface area contributed by atoms with Gasteiger partial charge in [-0.25, -0.2) is 0 Å². The number of fused-ring (bicyclic) bond motifs is 1. The summed E-state index contributed by atoms with van der Waals surface area (Å²) in [6, 6.07) is 28.2. The van der Waals surface area contributed by atoms with Crippen LogP contribution in [0.2, 0.25) is 0 Å². The topological polar surface area (TPSA) is 90.0 Å². The number of nitrogens with one attached hydrogen (secondary N) is 1. The molecule has 5 rings (SSSR count). The standard InChI is InChI=1S/C35H34N4O4/c1-23-13-15-25(16-14-23)32(34(42)36-27-17-19-28(20-18-27)37(3)4)39(21-26-10-6-5-9-24(26)2)31(40)22-38-30-12-8-7-11-29(30)33(41)35(38)43/h5-20,32H,21-22H2,1-4H3,(H,36,42). The number of Topliss-reactive ketones (excluding diaryl/α,β-unsaturated/α-hetero) is 1. The number of hydrogen-bond donors (Lipinski definition) is 1. The summed E-state index contributed by atoms with van der Waals surface area (Å²) in [5.41, 5.74) is 5.68. The van der Waals surface area contributed by atoms with E-state index in [0.29, 0.717) is 16.9 Å². The summed E-state index contributed by atoms with van der Waals surface area (Å²) < 4.78 is 0. The smallest absolute Gasteiger partial charge is 0.299 e. The molecule has 1 unspecified atom stereocenters. The van der Waals surface area contributed by atoms with E-state index in [2.05, 4.69) is 5.32 Å². The van der Waals surface area contributed by atoms with Crippen LogP contribution >= 0.6 is 0 Å². The fourth-order valence-electron chi connectivity index (χ4n) is 5.20. The Hall–Kier alpha value is -5.24. The summed E-state index contributed by atoms with van der Waals surface area (Å²) in [5.74, 6) is -2.28. The molecule has 43 heavy (non-hydrogen) atoms. The van der Waals surface area contributed by atoms with Gasteiger partial charge in [-0.2, -0.15) is 0 Å². The van der Waals surface area contributed by atoms with E-state index in [0.717, 1.165) is 22.4 Å². The maximum absolute atomic E-state index is 14.3. The van der Waals surface area contributed by atoms with Crippen molar-refractivity contribution in [3.63, 3.8) is 0 Å². The monoisotopic (exact) mass is 574 g/mol. The maximum Gasteiger partial charge on any atom is 0.299 e. The van der Waals surface area contributed by atoms with Crippen LogP contribution < -0.4 is 15.1 Å². The molecule has 1 heterocycles. The molecule has 4 aromatic rings. The van der Waals surface area contributed by atoms with Gasteiger partial charge in [0.25, 0.3) is 17.6 Å². The van der Waals surface area contributed by atoms with Gasteiger partial charge in [0.05, 0.1) is 11.3 Å². The largest absolute Gasteiger partial charge is 0.378 e. The van der Waals surface area contributed by atoms with Gasteiger partial charge in [0.15, 0.2) is 0 Å². The molecule has 4 aromatic carbocycles. The Morgan fingerprint density at radius 2 is 1.47 bits per heavy atom. The molecule has 8 nitrogen and oxygen atoms in total. The van der Waals surface area contributed by atoms with Crippen LogP contribution in [-0.4, -0.2) is 49.0 Å². The molecule has 1 aliphatic rings. The number of aryl methyl sites for hydroxylation is 2. The van der Waals surface area contributed by atoms with Crippen molar-refractivity contribution < 1.29 is 19.2 Å². The Morgan fingerprint density at radius 3 is 2.14 bits per heavy atom. The lowest BCUT2D eigenvalue weighted by atomic mass is 10.0. The van der Waals surface area contributed by atoms with Crippen molar-refractivity contribution in [2.24, 2.45) is 0 Å². The number of anilines is 3. The van der Waals surface area contributed by atoms with Crippen LogP contribution in [-0.2, 0) is 20.9 Å². The Bertz CT molecular complexity index is 1680. The maximum atomic E-state index is 14.3. The second kappa shape index (κ2) is 12.3. The van der Waals surface area contributed by atoms with Gasteiger partial charge in [-0.15, -0.1) is 0 Å². The lowest BCUT2D eigenvalue weighted by Gasteiger charge is -2.33. The van der Waals surface area contributed by atoms with Crippen LogP contribution in [0.15, 0.2) is 97.1 Å². The molecule has 8 heteroatoms. The average Bonchev–Trinajstić information content (AvgIpc) is 3.23. The minimum absolute atomic E-state index is 0.120. The third kappa shape index (κ3) is 6.18. The molecule has 1 atom stereocenters. The van der Waals surface area contributed by atoms with E-state index in [-0.39, 0.29) is 18.7 Å². The van der Waals surface area contributed by atoms with Gasteiger partial charge in [-0.05, 0) is 66.9 Å². The molecule has 0 spiro atoms. The number of para-hydroxylation sites is 1. The Kier molecular flexibility index (Phi) is 8.39. The van der Waals surface area contributed by atoms with E-state index in [1.54, 1.807) is 24.3 Å². The van der Waals surface area contributed by atoms with Crippen LogP contribution in [0.4, 0.5) is 17.1 Å². The summed E-state index contributed by atoms with van der Waals surface area (Å²) >= 11 is 0. The Labute approximate surface area is 251 Å². The zero-order valence-corrected chi connectivity index (χ0v) is 24.7. The van der Waals surface area contributed by atoms with E-state index >= 15 is 0 Å². The highest BCUT2D eigenvalue weighted by molar-refractivity contribution is 6.52. The molecule has 0 fully saturated rings. The number of amides is 3. The van der Waals surface area contributed by atoms with Crippen LogP contribution in [0.1, 0.15) is 38.7 Å². The Balaban J connectivity index is 1.55. The zero-order chi connectivity index (χ0) is 30.7. The molecule has 0 saturated carbocycles. The van der Waals surface area contributed by atoms with E-state index < -0.39 is 29.5 Å². The lowest BCUT2D eigenvalue weighted by molar-refractivity contribution is -0.139. The molecular formula is C35H34N4O4. The molecule has 0 bridgehead atoms. The van der Waals surface area contributed by atoms with Gasteiger partial charge in [-0.1, -0.05) is 66.2 Å². The normalized spacial score (nSPS) is 13.0. The van der Waals surface area contributed by atoms with Crippen molar-refractivity contribution in [3.8, 4) is 0 Å². The molecular weight excluding hydrogens is 540 g/mol.